The first-order chi connectivity index (χ1) is 9.84. The Hall–Kier alpha value is -1.30. The molecule has 6 heteroatoms. The quantitative estimate of drug-likeness (QED) is 0.673. The van der Waals surface area contributed by atoms with Crippen LogP contribution in [0.2, 0.25) is 0 Å². The van der Waals surface area contributed by atoms with E-state index in [9.17, 15) is 9.59 Å². The summed E-state index contributed by atoms with van der Waals surface area (Å²) in [4.78, 5) is 26.9. The van der Waals surface area contributed by atoms with E-state index in [1.807, 2.05) is 32.6 Å². The molecule has 0 radical (unpaired) electrons. The van der Waals surface area contributed by atoms with Gasteiger partial charge in [0.2, 0.25) is 0 Å². The van der Waals surface area contributed by atoms with Gasteiger partial charge in [0.25, 0.3) is 0 Å². The van der Waals surface area contributed by atoms with Gasteiger partial charge >= 0.3 is 12.0 Å². The zero-order valence-electron chi connectivity index (χ0n) is 14.0. The second kappa shape index (κ2) is 10.4. The van der Waals surface area contributed by atoms with E-state index < -0.39 is 5.97 Å². The molecule has 1 N–H and O–H groups in total. The van der Waals surface area contributed by atoms with Gasteiger partial charge in [0.1, 0.15) is 0 Å². The van der Waals surface area contributed by atoms with E-state index in [1.165, 1.54) is 0 Å². The normalized spacial score (nSPS) is 12.3. The number of amides is 2. The number of hydrogen-bond acceptors (Lipinski definition) is 3. The molecule has 0 aliphatic rings. The van der Waals surface area contributed by atoms with Gasteiger partial charge in [0.15, 0.2) is 0 Å². The molecule has 0 spiro atoms. The molecule has 0 aliphatic carbocycles. The fourth-order valence-corrected chi connectivity index (χ4v) is 2.05. The van der Waals surface area contributed by atoms with Gasteiger partial charge in [-0.2, -0.15) is 0 Å². The highest BCUT2D eigenvalue weighted by atomic mass is 16.5. The maximum atomic E-state index is 12.7. The van der Waals surface area contributed by atoms with Crippen molar-refractivity contribution in [2.45, 2.75) is 59.0 Å². The number of aliphatic carboxylic acids is 1. The second-order valence-corrected chi connectivity index (χ2v) is 5.51. The van der Waals surface area contributed by atoms with Crippen LogP contribution in [-0.4, -0.2) is 65.8 Å². The average molecular weight is 302 g/mol. The topological polar surface area (TPSA) is 70.1 Å². The van der Waals surface area contributed by atoms with Crippen molar-refractivity contribution in [3.8, 4) is 0 Å². The lowest BCUT2D eigenvalue weighted by molar-refractivity contribution is -0.137. The highest BCUT2D eigenvalue weighted by Crippen LogP contribution is 2.12. The van der Waals surface area contributed by atoms with Gasteiger partial charge in [-0.15, -0.1) is 0 Å². The molecule has 0 rings (SSSR count). The Kier molecular flexibility index (Phi) is 9.78. The van der Waals surface area contributed by atoms with Crippen molar-refractivity contribution in [3.63, 3.8) is 0 Å². The van der Waals surface area contributed by atoms with Gasteiger partial charge in [-0.1, -0.05) is 6.92 Å². The minimum absolute atomic E-state index is 0.0400. The summed E-state index contributed by atoms with van der Waals surface area (Å²) < 4.78 is 5.08. The van der Waals surface area contributed by atoms with Crippen molar-refractivity contribution < 1.29 is 19.4 Å². The molecule has 1 atom stereocenters. The van der Waals surface area contributed by atoms with Crippen LogP contribution in [0, 0.1) is 0 Å². The number of ether oxygens (including phenoxy) is 1. The summed E-state index contributed by atoms with van der Waals surface area (Å²) in [6, 6.07) is 0.135. The number of carbonyl (C=O) groups is 2. The molecule has 0 bridgehead atoms. The number of carboxylic acids is 1. The molecule has 0 aromatic heterocycles. The van der Waals surface area contributed by atoms with Gasteiger partial charge in [-0.25, -0.2) is 4.79 Å². The maximum absolute atomic E-state index is 12.7. The van der Waals surface area contributed by atoms with Crippen LogP contribution in [0.1, 0.15) is 47.0 Å². The Morgan fingerprint density at radius 1 is 1.14 bits per heavy atom. The van der Waals surface area contributed by atoms with E-state index in [1.54, 1.807) is 12.0 Å². The van der Waals surface area contributed by atoms with Crippen LogP contribution in [0.5, 0.6) is 0 Å². The zero-order valence-corrected chi connectivity index (χ0v) is 14.0. The van der Waals surface area contributed by atoms with Gasteiger partial charge < -0.3 is 19.6 Å². The monoisotopic (exact) mass is 302 g/mol. The Morgan fingerprint density at radius 2 is 1.76 bits per heavy atom. The summed E-state index contributed by atoms with van der Waals surface area (Å²) in [6.45, 7) is 9.46. The molecule has 124 valence electrons. The molecule has 0 heterocycles. The number of hydrogen-bond donors (Lipinski definition) is 1. The first-order valence-corrected chi connectivity index (χ1v) is 7.63. The fraction of sp³-hybridized carbons (Fsp3) is 0.867. The Labute approximate surface area is 128 Å². The number of methoxy groups -OCH3 is 1. The molecule has 1 unspecified atom stereocenters. The molecule has 0 aromatic rings. The first-order valence-electron chi connectivity index (χ1n) is 7.63. The molecular formula is C15H30N2O4. The van der Waals surface area contributed by atoms with E-state index in [-0.39, 0.29) is 24.5 Å². The van der Waals surface area contributed by atoms with Gasteiger partial charge in [0.05, 0.1) is 6.61 Å². The summed E-state index contributed by atoms with van der Waals surface area (Å²) in [7, 11) is 1.62. The third kappa shape index (κ3) is 7.32. The molecule has 21 heavy (non-hydrogen) atoms. The van der Waals surface area contributed by atoms with Crippen LogP contribution in [0.4, 0.5) is 4.79 Å². The lowest BCUT2D eigenvalue weighted by atomic mass is 10.2. The first kappa shape index (κ1) is 19.7. The predicted molar refractivity (Wildman–Crippen MR) is 82.4 cm³/mol. The van der Waals surface area contributed by atoms with E-state index in [0.717, 1.165) is 6.42 Å². The SMILES string of the molecule is CCC(C)N(CCOC)C(=O)N(CCCC(=O)O)C(C)C. The Morgan fingerprint density at radius 3 is 2.19 bits per heavy atom. The highest BCUT2D eigenvalue weighted by Gasteiger charge is 2.25. The molecule has 0 aromatic carbocycles. The minimum Gasteiger partial charge on any atom is -0.481 e. The third-order valence-electron chi connectivity index (χ3n) is 3.56. The molecule has 0 fully saturated rings. The van der Waals surface area contributed by atoms with Gasteiger partial charge in [-0.05, 0) is 33.6 Å². The molecule has 6 nitrogen and oxygen atoms in total. The summed E-state index contributed by atoms with van der Waals surface area (Å²) in [5.41, 5.74) is 0. The third-order valence-corrected chi connectivity index (χ3v) is 3.56. The fourth-order valence-electron chi connectivity index (χ4n) is 2.05. The van der Waals surface area contributed by atoms with Crippen molar-refractivity contribution in [1.82, 2.24) is 9.80 Å². The Bertz CT molecular complexity index is 321. The van der Waals surface area contributed by atoms with E-state index in [4.69, 9.17) is 9.84 Å². The molecule has 0 aliphatic heterocycles. The van der Waals surface area contributed by atoms with Crippen molar-refractivity contribution >= 4 is 12.0 Å². The lowest BCUT2D eigenvalue weighted by Crippen LogP contribution is -2.51. The zero-order chi connectivity index (χ0) is 16.4. The molecule has 0 saturated carbocycles. The summed E-state index contributed by atoms with van der Waals surface area (Å²) in [5.74, 6) is -0.829. The van der Waals surface area contributed by atoms with E-state index >= 15 is 0 Å². The van der Waals surface area contributed by atoms with E-state index in [0.29, 0.717) is 26.1 Å². The smallest absolute Gasteiger partial charge is 0.320 e. The maximum Gasteiger partial charge on any atom is 0.320 e. The largest absolute Gasteiger partial charge is 0.481 e. The van der Waals surface area contributed by atoms with E-state index in [2.05, 4.69) is 0 Å². The number of carbonyl (C=O) groups excluding carboxylic acids is 1. The standard InChI is InChI=1S/C15H30N2O4/c1-6-13(4)17(10-11-21-5)15(20)16(12(2)3)9-7-8-14(18)19/h12-13H,6-11H2,1-5H3,(H,18,19). The molecule has 2 amide bonds. The van der Waals surface area contributed by atoms with Crippen molar-refractivity contribution in [1.29, 1.82) is 0 Å². The second-order valence-electron chi connectivity index (χ2n) is 5.51. The van der Waals surface area contributed by atoms with Crippen LogP contribution < -0.4 is 0 Å². The predicted octanol–water partition coefficient (Wildman–Crippen LogP) is 2.43. The van der Waals surface area contributed by atoms with Gasteiger partial charge in [-0.3, -0.25) is 4.79 Å². The van der Waals surface area contributed by atoms with Crippen LogP contribution in [0.25, 0.3) is 0 Å². The number of urea groups is 1. The van der Waals surface area contributed by atoms with Crippen molar-refractivity contribution in [2.24, 2.45) is 0 Å². The van der Waals surface area contributed by atoms with Crippen LogP contribution >= 0.6 is 0 Å². The molecular weight excluding hydrogens is 272 g/mol. The summed E-state index contributed by atoms with van der Waals surface area (Å²) in [5, 5.41) is 8.72. The van der Waals surface area contributed by atoms with Crippen LogP contribution in [0.15, 0.2) is 0 Å². The number of carboxylic acid groups (broad SMARTS) is 1. The lowest BCUT2D eigenvalue weighted by Gasteiger charge is -2.36. The minimum atomic E-state index is -0.829. The summed E-state index contributed by atoms with van der Waals surface area (Å²) in [6.07, 6.45) is 1.42. The van der Waals surface area contributed by atoms with Crippen molar-refractivity contribution in [2.75, 3.05) is 26.8 Å². The number of nitrogens with zero attached hydrogens (tertiary/aromatic N) is 2. The average Bonchev–Trinajstić information content (AvgIpc) is 2.42. The van der Waals surface area contributed by atoms with Crippen LogP contribution in [-0.2, 0) is 9.53 Å². The summed E-state index contributed by atoms with van der Waals surface area (Å²) >= 11 is 0. The van der Waals surface area contributed by atoms with Crippen LogP contribution in [0.3, 0.4) is 0 Å². The molecule has 0 saturated heterocycles. The Balaban J connectivity index is 4.81. The number of rotatable bonds is 10. The van der Waals surface area contributed by atoms with Gasteiger partial charge in [0, 0.05) is 38.7 Å². The highest BCUT2D eigenvalue weighted by molar-refractivity contribution is 5.75. The van der Waals surface area contributed by atoms with Crippen molar-refractivity contribution in [3.05, 3.63) is 0 Å².